The van der Waals surface area contributed by atoms with Crippen LogP contribution < -0.4 is 10.1 Å². The Balaban J connectivity index is 1.38. The molecule has 3 aromatic rings. The number of anilines is 1. The van der Waals surface area contributed by atoms with Crippen molar-refractivity contribution in [3.05, 3.63) is 75.7 Å². The van der Waals surface area contributed by atoms with E-state index in [0.29, 0.717) is 12.5 Å². The van der Waals surface area contributed by atoms with Crippen LogP contribution in [0.4, 0.5) is 5.69 Å². The number of amides is 1. The first kappa shape index (κ1) is 20.6. The highest BCUT2D eigenvalue weighted by molar-refractivity contribution is 7.09. The molecule has 4 rings (SSSR count). The molecule has 0 aliphatic carbocycles. The van der Waals surface area contributed by atoms with Gasteiger partial charge in [0.05, 0.1) is 19.2 Å². The van der Waals surface area contributed by atoms with Gasteiger partial charge in [-0.1, -0.05) is 30.3 Å². The Bertz CT molecular complexity index is 1020. The van der Waals surface area contributed by atoms with Gasteiger partial charge in [0.1, 0.15) is 10.8 Å². The van der Waals surface area contributed by atoms with Gasteiger partial charge in [-0.05, 0) is 55.6 Å². The minimum absolute atomic E-state index is 0.0272. The molecule has 1 amide bonds. The van der Waals surface area contributed by atoms with Gasteiger partial charge in [-0.15, -0.1) is 11.3 Å². The fraction of sp³-hybridized carbons (Fsp3) is 0.333. The van der Waals surface area contributed by atoms with Gasteiger partial charge < -0.3 is 10.1 Å². The molecule has 0 spiro atoms. The third-order valence-electron chi connectivity index (χ3n) is 5.54. The minimum Gasteiger partial charge on any atom is -0.497 e. The first-order valence-electron chi connectivity index (χ1n) is 10.3. The molecule has 1 unspecified atom stereocenters. The molecule has 1 aliphatic heterocycles. The molecular weight excluding hydrogens is 394 g/mol. The summed E-state index contributed by atoms with van der Waals surface area (Å²) in [6.07, 6.45) is 2.62. The average Bonchev–Trinajstić information content (AvgIpc) is 3.39. The highest BCUT2D eigenvalue weighted by Crippen LogP contribution is 2.34. The Morgan fingerprint density at radius 3 is 2.97 bits per heavy atom. The van der Waals surface area contributed by atoms with E-state index in [2.05, 4.69) is 33.8 Å². The molecule has 156 valence electrons. The van der Waals surface area contributed by atoms with Crippen molar-refractivity contribution < 1.29 is 9.53 Å². The second-order valence-corrected chi connectivity index (χ2v) is 8.62. The van der Waals surface area contributed by atoms with Crippen LogP contribution in [0.1, 0.15) is 40.7 Å². The van der Waals surface area contributed by atoms with Gasteiger partial charge in [-0.25, -0.2) is 4.98 Å². The highest BCUT2D eigenvalue weighted by atomic mass is 32.1. The van der Waals surface area contributed by atoms with Crippen LogP contribution >= 0.6 is 11.3 Å². The molecule has 30 heavy (non-hydrogen) atoms. The third kappa shape index (κ3) is 4.89. The molecule has 2 heterocycles. The van der Waals surface area contributed by atoms with E-state index < -0.39 is 0 Å². The second-order valence-electron chi connectivity index (χ2n) is 7.68. The smallest absolute Gasteiger partial charge is 0.231 e. The number of para-hydroxylation sites is 1. The molecule has 5 nitrogen and oxygen atoms in total. The summed E-state index contributed by atoms with van der Waals surface area (Å²) in [6, 6.07) is 16.5. The van der Waals surface area contributed by atoms with Crippen LogP contribution in [0, 0.1) is 6.92 Å². The van der Waals surface area contributed by atoms with E-state index in [-0.39, 0.29) is 5.91 Å². The highest BCUT2D eigenvalue weighted by Gasteiger charge is 2.27. The van der Waals surface area contributed by atoms with E-state index in [4.69, 9.17) is 9.72 Å². The van der Waals surface area contributed by atoms with Gasteiger partial charge >= 0.3 is 0 Å². The number of benzene rings is 2. The van der Waals surface area contributed by atoms with Crippen molar-refractivity contribution >= 4 is 22.9 Å². The van der Waals surface area contributed by atoms with Crippen molar-refractivity contribution in [2.45, 2.75) is 38.8 Å². The van der Waals surface area contributed by atoms with E-state index in [1.165, 1.54) is 12.0 Å². The quantitative estimate of drug-likeness (QED) is 0.585. The summed E-state index contributed by atoms with van der Waals surface area (Å²) in [5.41, 5.74) is 4.24. The lowest BCUT2D eigenvalue weighted by molar-refractivity contribution is -0.115. The number of ether oxygens (including phenoxy) is 1. The molecule has 2 aromatic carbocycles. The van der Waals surface area contributed by atoms with Crippen molar-refractivity contribution in [1.82, 2.24) is 9.88 Å². The Hall–Kier alpha value is -2.70. The summed E-state index contributed by atoms with van der Waals surface area (Å²) in [6.45, 7) is 3.85. The number of carbonyl (C=O) groups is 1. The molecule has 1 saturated heterocycles. The average molecular weight is 422 g/mol. The number of hydrogen-bond acceptors (Lipinski definition) is 5. The Kier molecular flexibility index (Phi) is 6.45. The molecule has 1 N–H and O–H groups in total. The van der Waals surface area contributed by atoms with Crippen molar-refractivity contribution in [3.8, 4) is 5.75 Å². The van der Waals surface area contributed by atoms with Gasteiger partial charge in [-0.2, -0.15) is 0 Å². The summed E-state index contributed by atoms with van der Waals surface area (Å²) in [5, 5.41) is 5.92. The summed E-state index contributed by atoms with van der Waals surface area (Å²) in [4.78, 5) is 19.6. The maximum absolute atomic E-state index is 12.4. The number of nitrogens with zero attached hydrogens (tertiary/aromatic N) is 2. The van der Waals surface area contributed by atoms with Gasteiger partial charge in [0.25, 0.3) is 0 Å². The molecular formula is C24H27N3O2S. The van der Waals surface area contributed by atoms with Crippen LogP contribution in [0.2, 0.25) is 0 Å². The summed E-state index contributed by atoms with van der Waals surface area (Å²) in [7, 11) is 1.71. The number of carbonyl (C=O) groups excluding carboxylic acids is 1. The molecule has 1 aliphatic rings. The van der Waals surface area contributed by atoms with E-state index in [1.54, 1.807) is 18.4 Å². The zero-order valence-corrected chi connectivity index (χ0v) is 18.2. The van der Waals surface area contributed by atoms with Crippen LogP contribution in [0.3, 0.4) is 0 Å². The fourth-order valence-electron chi connectivity index (χ4n) is 4.00. The summed E-state index contributed by atoms with van der Waals surface area (Å²) in [5.74, 6) is 0.871. The predicted molar refractivity (Wildman–Crippen MR) is 121 cm³/mol. The van der Waals surface area contributed by atoms with Crippen molar-refractivity contribution in [2.24, 2.45) is 0 Å². The SMILES string of the molecule is COc1cccc(C2CCCN2Cc2csc(CC(=O)Nc3ccccc3C)n2)c1. The number of rotatable bonds is 7. The van der Waals surface area contributed by atoms with Crippen LogP contribution in [0.15, 0.2) is 53.9 Å². The number of hydrogen-bond donors (Lipinski definition) is 1. The van der Waals surface area contributed by atoms with Crippen LogP contribution in [0.25, 0.3) is 0 Å². The van der Waals surface area contributed by atoms with Crippen molar-refractivity contribution in [2.75, 3.05) is 19.0 Å². The fourth-order valence-corrected chi connectivity index (χ4v) is 4.78. The summed E-state index contributed by atoms with van der Waals surface area (Å²) < 4.78 is 5.39. The van der Waals surface area contributed by atoms with Crippen LogP contribution in [-0.2, 0) is 17.8 Å². The largest absolute Gasteiger partial charge is 0.497 e. The normalized spacial score (nSPS) is 16.5. The summed E-state index contributed by atoms with van der Waals surface area (Å²) >= 11 is 1.56. The number of aromatic nitrogens is 1. The Labute approximate surface area is 181 Å². The standard InChI is InChI=1S/C24H27N3O2S/c1-17-7-3-4-10-21(17)26-23(28)14-24-25-19(16-30-24)15-27-12-6-11-22(27)18-8-5-9-20(13-18)29-2/h3-5,7-10,13,16,22H,6,11-12,14-15H2,1-2H3,(H,26,28). The minimum atomic E-state index is -0.0272. The number of methoxy groups -OCH3 is 1. The van der Waals surface area contributed by atoms with E-state index >= 15 is 0 Å². The number of likely N-dealkylation sites (tertiary alicyclic amines) is 1. The molecule has 0 radical (unpaired) electrons. The maximum Gasteiger partial charge on any atom is 0.231 e. The number of aryl methyl sites for hydroxylation is 1. The zero-order valence-electron chi connectivity index (χ0n) is 17.4. The van der Waals surface area contributed by atoms with Crippen molar-refractivity contribution in [3.63, 3.8) is 0 Å². The third-order valence-corrected chi connectivity index (χ3v) is 6.44. The maximum atomic E-state index is 12.4. The number of thiazole rings is 1. The van der Waals surface area contributed by atoms with Gasteiger partial charge in [-0.3, -0.25) is 9.69 Å². The Morgan fingerprint density at radius 2 is 2.13 bits per heavy atom. The Morgan fingerprint density at radius 1 is 1.27 bits per heavy atom. The lowest BCUT2D eigenvalue weighted by Gasteiger charge is -2.24. The van der Waals surface area contributed by atoms with Crippen LogP contribution in [0.5, 0.6) is 5.75 Å². The monoisotopic (exact) mass is 421 g/mol. The molecule has 6 heteroatoms. The molecule has 1 aromatic heterocycles. The van der Waals surface area contributed by atoms with E-state index in [9.17, 15) is 4.79 Å². The number of nitrogens with one attached hydrogen (secondary N) is 1. The first-order valence-corrected chi connectivity index (χ1v) is 11.2. The van der Waals surface area contributed by atoms with Gasteiger partial charge in [0.15, 0.2) is 0 Å². The van der Waals surface area contributed by atoms with E-state index in [0.717, 1.165) is 47.2 Å². The van der Waals surface area contributed by atoms with E-state index in [1.807, 2.05) is 37.3 Å². The van der Waals surface area contributed by atoms with Crippen molar-refractivity contribution in [1.29, 1.82) is 0 Å². The first-order chi connectivity index (χ1) is 14.6. The van der Waals surface area contributed by atoms with Gasteiger partial charge in [0, 0.05) is 23.7 Å². The molecule has 1 fully saturated rings. The lowest BCUT2D eigenvalue weighted by atomic mass is 10.0. The lowest BCUT2D eigenvalue weighted by Crippen LogP contribution is -2.23. The predicted octanol–water partition coefficient (Wildman–Crippen LogP) is 4.98. The van der Waals surface area contributed by atoms with Gasteiger partial charge in [0.2, 0.25) is 5.91 Å². The molecule has 0 bridgehead atoms. The molecule has 1 atom stereocenters. The van der Waals surface area contributed by atoms with Crippen LogP contribution in [-0.4, -0.2) is 29.4 Å². The second kappa shape index (κ2) is 9.41. The topological polar surface area (TPSA) is 54.5 Å². The molecule has 0 saturated carbocycles. The zero-order chi connectivity index (χ0) is 20.9.